The second-order valence-electron chi connectivity index (χ2n) is 5.29. The van der Waals surface area contributed by atoms with E-state index in [0.29, 0.717) is 0 Å². The van der Waals surface area contributed by atoms with Crippen molar-refractivity contribution in [3.8, 4) is 0 Å². The van der Waals surface area contributed by atoms with Gasteiger partial charge in [-0.2, -0.15) is 0 Å². The van der Waals surface area contributed by atoms with Crippen molar-refractivity contribution >= 4 is 16.9 Å². The van der Waals surface area contributed by atoms with Gasteiger partial charge in [0.25, 0.3) is 0 Å². The summed E-state index contributed by atoms with van der Waals surface area (Å²) in [6, 6.07) is 5.98. The van der Waals surface area contributed by atoms with Gasteiger partial charge in [0.2, 0.25) is 0 Å². The Morgan fingerprint density at radius 3 is 2.31 bits per heavy atom. The van der Waals surface area contributed by atoms with Crippen molar-refractivity contribution in [3.05, 3.63) is 30.3 Å². The molecule has 16 heavy (non-hydrogen) atoms. The van der Waals surface area contributed by atoms with Crippen LogP contribution in [-0.2, 0) is 0 Å². The van der Waals surface area contributed by atoms with Gasteiger partial charge in [-0.3, -0.25) is 0 Å². The Balaban J connectivity index is 3.28. The summed E-state index contributed by atoms with van der Waals surface area (Å²) in [4.78, 5) is 2.25. The highest BCUT2D eigenvalue weighted by molar-refractivity contribution is 5.77. The third kappa shape index (κ3) is 2.57. The Kier molecular flexibility index (Phi) is 3.32. The monoisotopic (exact) mass is 218 g/mol. The van der Waals surface area contributed by atoms with Crippen LogP contribution in [0.25, 0.3) is 5.57 Å². The van der Waals surface area contributed by atoms with Gasteiger partial charge < -0.3 is 10.6 Å². The van der Waals surface area contributed by atoms with E-state index >= 15 is 0 Å². The molecule has 2 heteroatoms. The zero-order valence-corrected chi connectivity index (χ0v) is 11.0. The Morgan fingerprint density at radius 2 is 1.88 bits per heavy atom. The molecule has 0 unspecified atom stereocenters. The number of nitrogen functional groups attached to an aromatic ring is 1. The highest BCUT2D eigenvalue weighted by Gasteiger charge is 2.20. The van der Waals surface area contributed by atoms with Gasteiger partial charge in [-0.15, -0.1) is 0 Å². The Labute approximate surface area is 98.8 Å². The van der Waals surface area contributed by atoms with Crippen LogP contribution in [0.4, 0.5) is 11.4 Å². The Bertz CT molecular complexity index is 400. The number of nitrogens with two attached hydrogens (primary N) is 1. The molecule has 0 bridgehead atoms. The van der Waals surface area contributed by atoms with Crippen molar-refractivity contribution in [1.82, 2.24) is 0 Å². The molecule has 1 aromatic carbocycles. The van der Waals surface area contributed by atoms with Gasteiger partial charge in [-0.05, 0) is 51.5 Å². The predicted molar refractivity (Wildman–Crippen MR) is 73.7 cm³/mol. The van der Waals surface area contributed by atoms with Gasteiger partial charge in [0.05, 0.1) is 0 Å². The SMILES string of the molecule is C=C(C)c1cc(N)ccc1N(C)C(C)(C)C. The number of rotatable bonds is 2. The van der Waals surface area contributed by atoms with E-state index in [1.807, 2.05) is 19.1 Å². The predicted octanol–water partition coefficient (Wildman–Crippen LogP) is 3.54. The number of anilines is 2. The molecule has 0 aliphatic heterocycles. The quantitative estimate of drug-likeness (QED) is 0.769. The second kappa shape index (κ2) is 4.20. The van der Waals surface area contributed by atoms with Crippen molar-refractivity contribution in [3.63, 3.8) is 0 Å². The van der Waals surface area contributed by atoms with Crippen LogP contribution in [0.1, 0.15) is 33.3 Å². The molecule has 2 nitrogen and oxygen atoms in total. The van der Waals surface area contributed by atoms with Crippen LogP contribution < -0.4 is 10.6 Å². The summed E-state index contributed by atoms with van der Waals surface area (Å²) in [5, 5.41) is 0. The van der Waals surface area contributed by atoms with E-state index in [0.717, 1.165) is 16.8 Å². The fourth-order valence-electron chi connectivity index (χ4n) is 1.55. The Morgan fingerprint density at radius 1 is 1.31 bits per heavy atom. The van der Waals surface area contributed by atoms with E-state index in [-0.39, 0.29) is 5.54 Å². The first-order valence-electron chi connectivity index (χ1n) is 5.52. The molecule has 0 aliphatic rings. The number of hydrogen-bond acceptors (Lipinski definition) is 2. The molecule has 0 spiro atoms. The van der Waals surface area contributed by atoms with E-state index in [9.17, 15) is 0 Å². The van der Waals surface area contributed by atoms with Crippen molar-refractivity contribution in [2.45, 2.75) is 33.2 Å². The van der Waals surface area contributed by atoms with E-state index in [1.165, 1.54) is 5.69 Å². The normalized spacial score (nSPS) is 11.3. The third-order valence-corrected chi connectivity index (χ3v) is 2.85. The van der Waals surface area contributed by atoms with Crippen LogP contribution in [0.15, 0.2) is 24.8 Å². The molecule has 2 N–H and O–H groups in total. The summed E-state index contributed by atoms with van der Waals surface area (Å²) in [5.41, 5.74) is 10.0. The van der Waals surface area contributed by atoms with E-state index in [1.54, 1.807) is 0 Å². The Hall–Kier alpha value is -1.44. The minimum absolute atomic E-state index is 0.0836. The maximum absolute atomic E-state index is 5.81. The highest BCUT2D eigenvalue weighted by Crippen LogP contribution is 2.31. The topological polar surface area (TPSA) is 29.3 Å². The molecule has 0 saturated carbocycles. The maximum atomic E-state index is 5.81. The average Bonchev–Trinajstić information content (AvgIpc) is 2.15. The zero-order valence-electron chi connectivity index (χ0n) is 11.0. The van der Waals surface area contributed by atoms with Crippen LogP contribution >= 0.6 is 0 Å². The summed E-state index contributed by atoms with van der Waals surface area (Å²) in [6.45, 7) is 12.6. The summed E-state index contributed by atoms with van der Waals surface area (Å²) in [5.74, 6) is 0. The minimum atomic E-state index is 0.0836. The fraction of sp³-hybridized carbons (Fsp3) is 0.429. The summed E-state index contributed by atoms with van der Waals surface area (Å²) >= 11 is 0. The summed E-state index contributed by atoms with van der Waals surface area (Å²) in [7, 11) is 2.10. The van der Waals surface area contributed by atoms with Gasteiger partial charge in [-0.25, -0.2) is 0 Å². The smallest absolute Gasteiger partial charge is 0.0445 e. The standard InChI is InChI=1S/C14H22N2/c1-10(2)12-9-11(15)7-8-13(12)16(6)14(3,4)5/h7-9H,1,15H2,2-6H3. The van der Waals surface area contributed by atoms with Crippen LogP contribution in [0.2, 0.25) is 0 Å². The van der Waals surface area contributed by atoms with Crippen molar-refractivity contribution in [1.29, 1.82) is 0 Å². The lowest BCUT2D eigenvalue weighted by Crippen LogP contribution is -2.38. The molecule has 88 valence electrons. The first-order valence-corrected chi connectivity index (χ1v) is 5.52. The van der Waals surface area contributed by atoms with Gasteiger partial charge in [0.1, 0.15) is 0 Å². The first-order chi connectivity index (χ1) is 7.23. The van der Waals surface area contributed by atoms with Gasteiger partial charge in [0.15, 0.2) is 0 Å². The van der Waals surface area contributed by atoms with Crippen LogP contribution in [-0.4, -0.2) is 12.6 Å². The molecule has 0 heterocycles. The lowest BCUT2D eigenvalue weighted by atomic mass is 10.0. The molecule has 0 amide bonds. The maximum Gasteiger partial charge on any atom is 0.0445 e. The number of nitrogens with zero attached hydrogens (tertiary/aromatic N) is 1. The molecule has 0 saturated heterocycles. The first kappa shape index (κ1) is 12.6. The molecule has 0 radical (unpaired) electrons. The van der Waals surface area contributed by atoms with E-state index in [2.05, 4.69) is 45.4 Å². The second-order valence-corrected chi connectivity index (χ2v) is 5.29. The van der Waals surface area contributed by atoms with Gasteiger partial charge >= 0.3 is 0 Å². The number of hydrogen-bond donors (Lipinski definition) is 1. The fourth-order valence-corrected chi connectivity index (χ4v) is 1.55. The largest absolute Gasteiger partial charge is 0.399 e. The van der Waals surface area contributed by atoms with E-state index < -0.39 is 0 Å². The molecule has 1 rings (SSSR count). The molecule has 1 aromatic rings. The summed E-state index contributed by atoms with van der Waals surface area (Å²) < 4.78 is 0. The number of benzene rings is 1. The minimum Gasteiger partial charge on any atom is -0.399 e. The molecular formula is C14H22N2. The van der Waals surface area contributed by atoms with Crippen LogP contribution in [0, 0.1) is 0 Å². The van der Waals surface area contributed by atoms with Gasteiger partial charge in [-0.1, -0.05) is 6.58 Å². The van der Waals surface area contributed by atoms with Gasteiger partial charge in [0, 0.05) is 29.5 Å². The molecular weight excluding hydrogens is 196 g/mol. The van der Waals surface area contributed by atoms with Crippen molar-refractivity contribution in [2.75, 3.05) is 17.7 Å². The van der Waals surface area contributed by atoms with Crippen molar-refractivity contribution < 1.29 is 0 Å². The van der Waals surface area contributed by atoms with Crippen LogP contribution in [0.3, 0.4) is 0 Å². The lowest BCUT2D eigenvalue weighted by Gasteiger charge is -2.35. The number of allylic oxidation sites excluding steroid dienone is 1. The molecule has 0 aliphatic carbocycles. The average molecular weight is 218 g/mol. The third-order valence-electron chi connectivity index (χ3n) is 2.85. The molecule has 0 fully saturated rings. The zero-order chi connectivity index (χ0) is 12.5. The van der Waals surface area contributed by atoms with Crippen LogP contribution in [0.5, 0.6) is 0 Å². The van der Waals surface area contributed by atoms with Crippen molar-refractivity contribution in [2.24, 2.45) is 0 Å². The summed E-state index contributed by atoms with van der Waals surface area (Å²) in [6.07, 6.45) is 0. The molecule has 0 atom stereocenters. The van der Waals surface area contributed by atoms with E-state index in [4.69, 9.17) is 5.73 Å². The highest BCUT2D eigenvalue weighted by atomic mass is 15.2. The lowest BCUT2D eigenvalue weighted by molar-refractivity contribution is 0.538. The molecule has 0 aromatic heterocycles.